The van der Waals surface area contributed by atoms with Crippen LogP contribution in [0.15, 0.2) is 0 Å². The van der Waals surface area contributed by atoms with Crippen molar-refractivity contribution in [3.63, 3.8) is 0 Å². The Labute approximate surface area is 137 Å². The van der Waals surface area contributed by atoms with Crippen molar-refractivity contribution in [1.29, 1.82) is 0 Å². The Morgan fingerprint density at radius 3 is 1.70 bits per heavy atom. The van der Waals surface area contributed by atoms with Gasteiger partial charge in [0.05, 0.1) is 6.10 Å². The lowest BCUT2D eigenvalue weighted by molar-refractivity contribution is -0.241. The Morgan fingerprint density at radius 2 is 1.35 bits per heavy atom. The van der Waals surface area contributed by atoms with Crippen molar-refractivity contribution in [2.75, 3.05) is 0 Å². The molecule has 0 fully saturated rings. The van der Waals surface area contributed by atoms with Crippen LogP contribution in [0, 0.1) is 0 Å². The molecule has 0 aromatic carbocycles. The number of hydrogen-bond donors (Lipinski definition) is 4. The number of ketones is 5. The minimum absolute atomic E-state index is 0.623. The number of aliphatic hydroxyl groups is 4. The molecule has 0 aliphatic rings. The lowest BCUT2D eigenvalue weighted by Crippen LogP contribution is -2.81. The predicted molar refractivity (Wildman–Crippen MR) is 74.3 cm³/mol. The van der Waals surface area contributed by atoms with Crippen LogP contribution in [0.5, 0.6) is 0 Å². The Balaban J connectivity index is 7.33. The minimum Gasteiger partial charge on any atom is -0.390 e. The van der Waals surface area contributed by atoms with Gasteiger partial charge in [0.1, 0.15) is 0 Å². The molecule has 0 saturated carbocycles. The molecule has 0 rings (SSSR count). The maximum atomic E-state index is 12.3. The van der Waals surface area contributed by atoms with Gasteiger partial charge in [0, 0.05) is 12.4 Å². The van der Waals surface area contributed by atoms with E-state index in [1.54, 1.807) is 0 Å². The van der Waals surface area contributed by atoms with Crippen molar-refractivity contribution < 1.29 is 49.9 Å². The van der Waals surface area contributed by atoms with Crippen molar-refractivity contribution in [2.24, 2.45) is 0 Å². The van der Waals surface area contributed by atoms with Gasteiger partial charge in [0.2, 0.25) is 17.0 Å². The average molecular weight is 336 g/mol. The predicted octanol–water partition coefficient (Wildman–Crippen LogP) is -2.51. The average Bonchev–Trinajstić information content (AvgIpc) is 2.67. The van der Waals surface area contributed by atoms with Crippen LogP contribution in [0.3, 0.4) is 0 Å². The summed E-state index contributed by atoms with van der Waals surface area (Å²) >= 11 is 0. The number of Topliss-reactive ketones (excluding diaryl/α,β-unsaturated/α-hetero) is 5. The van der Waals surface area contributed by atoms with Crippen molar-refractivity contribution in [3.8, 4) is 0 Å². The molecule has 0 aliphatic carbocycles. The van der Waals surface area contributed by atoms with Gasteiger partial charge < -0.3 is 20.4 Å². The second-order valence-corrected chi connectivity index (χ2v) is 4.89. The topological polar surface area (TPSA) is 166 Å². The van der Waals surface area contributed by atoms with Gasteiger partial charge in [-0.25, -0.2) is 0 Å². The third-order valence-electron chi connectivity index (χ3n) is 3.49. The zero-order chi connectivity index (χ0) is 21.8. The summed E-state index contributed by atoms with van der Waals surface area (Å²) in [6.45, 7) is -5.20. The lowest BCUT2D eigenvalue weighted by atomic mass is 9.61. The molecule has 0 aromatic heterocycles. The van der Waals surface area contributed by atoms with E-state index in [4.69, 9.17) is 5.48 Å². The second-order valence-electron chi connectivity index (χ2n) is 4.89. The quantitative estimate of drug-likeness (QED) is 0.276. The fraction of sp³-hybridized carbons (Fsp3) is 0.643. The third-order valence-corrected chi connectivity index (χ3v) is 3.49. The molecule has 0 bridgehead atoms. The molecule has 9 nitrogen and oxygen atoms in total. The molecule has 130 valence electrons. The first-order valence-electron chi connectivity index (χ1n) is 8.81. The number of rotatable bonds is 8. The first-order valence-corrected chi connectivity index (χ1v) is 5.98. The van der Waals surface area contributed by atoms with Crippen LogP contribution in [0.4, 0.5) is 0 Å². The zero-order valence-electron chi connectivity index (χ0n) is 16.2. The second kappa shape index (κ2) is 6.36. The fourth-order valence-corrected chi connectivity index (χ4v) is 2.12. The summed E-state index contributed by atoms with van der Waals surface area (Å²) in [5.74, 6) is -9.93. The normalized spacial score (nSPS) is 22.7. The molecule has 0 radical (unpaired) electrons. The number of carbonyl (C=O) groups excluding carboxylic acids is 5. The van der Waals surface area contributed by atoms with E-state index in [1.165, 1.54) is 0 Å². The van der Waals surface area contributed by atoms with E-state index in [2.05, 4.69) is 0 Å². The Morgan fingerprint density at radius 1 is 0.870 bits per heavy atom. The maximum absolute atomic E-state index is 12.3. The van der Waals surface area contributed by atoms with Crippen LogP contribution in [0.25, 0.3) is 0 Å². The summed E-state index contributed by atoms with van der Waals surface area (Å²) in [5, 5.41) is 41.9. The standard InChI is InChI=1S/C14H20O9/c1-6(15)11(20)13(22,9(4)18)14(23,10(5)19)12(21,7(2)16)8(3)17/h7,16,21-23H,1-5H3/t7-,12+,13+,14+/m1/s1/i1D,3D,4D,5D. The van der Waals surface area contributed by atoms with E-state index >= 15 is 0 Å². The van der Waals surface area contributed by atoms with Crippen molar-refractivity contribution in [2.45, 2.75) is 57.4 Å². The number of hydrogen-bond acceptors (Lipinski definition) is 9. The summed E-state index contributed by atoms with van der Waals surface area (Å²) in [6, 6.07) is 0. The van der Waals surface area contributed by atoms with Gasteiger partial charge in [-0.3, -0.25) is 24.0 Å². The Bertz CT molecular complexity index is 652. The molecule has 0 heterocycles. The molecule has 0 spiro atoms. The molecule has 4 N–H and O–H groups in total. The van der Waals surface area contributed by atoms with Crippen LogP contribution in [0.2, 0.25) is 0 Å². The molecule has 23 heavy (non-hydrogen) atoms. The summed E-state index contributed by atoms with van der Waals surface area (Å²) in [7, 11) is 0. The van der Waals surface area contributed by atoms with Crippen molar-refractivity contribution in [3.05, 3.63) is 0 Å². The largest absolute Gasteiger partial charge is 0.390 e. The van der Waals surface area contributed by atoms with Gasteiger partial charge in [-0.2, -0.15) is 0 Å². The molecule has 0 aromatic rings. The van der Waals surface area contributed by atoms with Crippen LogP contribution < -0.4 is 0 Å². The van der Waals surface area contributed by atoms with Gasteiger partial charge in [0.15, 0.2) is 28.7 Å². The SMILES string of the molecule is [2H]CC(=O)C(=O)[C@@](O)(C(=O)C[2H])[C@](O)(C(=O)C[2H])[C@@](O)(C(=O)C[2H])[C@@H](C)O. The molecular weight excluding hydrogens is 312 g/mol. The molecule has 9 heteroatoms. The monoisotopic (exact) mass is 336 g/mol. The number of carbonyl (C=O) groups is 5. The van der Waals surface area contributed by atoms with E-state index in [0.717, 1.165) is 0 Å². The smallest absolute Gasteiger partial charge is 0.240 e. The van der Waals surface area contributed by atoms with Gasteiger partial charge in [-0.1, -0.05) is 0 Å². The van der Waals surface area contributed by atoms with Crippen LogP contribution in [-0.2, 0) is 24.0 Å². The van der Waals surface area contributed by atoms with E-state index < -0.39 is 79.4 Å². The van der Waals surface area contributed by atoms with Gasteiger partial charge in [0.25, 0.3) is 0 Å². The molecule has 0 unspecified atom stereocenters. The minimum atomic E-state index is -4.27. The third kappa shape index (κ3) is 2.65. The van der Waals surface area contributed by atoms with Gasteiger partial charge in [-0.15, -0.1) is 0 Å². The van der Waals surface area contributed by atoms with Gasteiger partial charge >= 0.3 is 0 Å². The van der Waals surface area contributed by atoms with Crippen molar-refractivity contribution in [1.82, 2.24) is 0 Å². The van der Waals surface area contributed by atoms with Crippen LogP contribution in [-0.4, -0.2) is 72.2 Å². The van der Waals surface area contributed by atoms with Crippen LogP contribution >= 0.6 is 0 Å². The van der Waals surface area contributed by atoms with Crippen molar-refractivity contribution >= 4 is 28.9 Å². The molecule has 4 atom stereocenters. The summed E-state index contributed by atoms with van der Waals surface area (Å²) in [6.07, 6.45) is -2.47. The van der Waals surface area contributed by atoms with Gasteiger partial charge in [-0.05, 0) is 27.6 Å². The highest BCUT2D eigenvalue weighted by Crippen LogP contribution is 2.39. The summed E-state index contributed by atoms with van der Waals surface area (Å²) < 4.78 is 28.1. The fourth-order valence-electron chi connectivity index (χ4n) is 2.12. The summed E-state index contributed by atoms with van der Waals surface area (Å²) in [5.41, 5.74) is -12.4. The molecule has 0 aliphatic heterocycles. The lowest BCUT2D eigenvalue weighted by Gasteiger charge is -2.48. The highest BCUT2D eigenvalue weighted by molar-refractivity contribution is 6.45. The molecule has 0 amide bonds. The first-order chi connectivity index (χ1) is 12.3. The molecular formula is C14H20O9. The maximum Gasteiger partial charge on any atom is 0.240 e. The Kier molecular flexibility index (Phi) is 4.08. The highest BCUT2D eigenvalue weighted by atomic mass is 16.4. The van der Waals surface area contributed by atoms with Crippen LogP contribution in [0.1, 0.15) is 40.0 Å². The zero-order valence-corrected chi connectivity index (χ0v) is 12.2. The Hall–Kier alpha value is -1.81. The highest BCUT2D eigenvalue weighted by Gasteiger charge is 2.74. The number of aliphatic hydroxyl groups excluding tert-OH is 1. The summed E-state index contributed by atoms with van der Waals surface area (Å²) in [4.78, 5) is 60.4. The molecule has 0 saturated heterocycles. The van der Waals surface area contributed by atoms with E-state index in [9.17, 15) is 44.4 Å². The van der Waals surface area contributed by atoms with E-state index in [1.807, 2.05) is 0 Å². The first kappa shape index (κ1) is 14.8. The van der Waals surface area contributed by atoms with E-state index in [0.29, 0.717) is 6.92 Å². The van der Waals surface area contributed by atoms with E-state index in [-0.39, 0.29) is 0 Å².